The van der Waals surface area contributed by atoms with E-state index in [0.717, 1.165) is 5.56 Å². The number of hydrogen-bond donors (Lipinski definition) is 1. The standard InChI is InChI=1S/C8H10O3S.K.H/c1-6-4-3-5-8(7(6)2)12(9,10)11;;/h3-5H,1-2H3,(H,9,10,11);;. The molecule has 68 valence electrons. The number of aryl methyl sites for hydroxylation is 1. The summed E-state index contributed by atoms with van der Waals surface area (Å²) in [5, 5.41) is 0. The van der Waals surface area contributed by atoms with E-state index in [2.05, 4.69) is 0 Å². The first-order valence-corrected chi connectivity index (χ1v) is 4.90. The molecule has 0 saturated heterocycles. The molecule has 1 N–H and O–H groups in total. The SMILES string of the molecule is Cc1cccc(S(=O)(=O)O)c1C.[KH]. The van der Waals surface area contributed by atoms with Crippen molar-refractivity contribution in [3.05, 3.63) is 29.3 Å². The van der Waals surface area contributed by atoms with Crippen molar-refractivity contribution in [2.24, 2.45) is 0 Å². The van der Waals surface area contributed by atoms with E-state index in [-0.39, 0.29) is 56.3 Å². The van der Waals surface area contributed by atoms with Crippen LogP contribution in [0.5, 0.6) is 0 Å². The van der Waals surface area contributed by atoms with Crippen molar-refractivity contribution in [2.45, 2.75) is 18.7 Å². The topological polar surface area (TPSA) is 54.4 Å². The molecule has 0 aliphatic heterocycles. The van der Waals surface area contributed by atoms with E-state index >= 15 is 0 Å². The van der Waals surface area contributed by atoms with Gasteiger partial charge in [0.25, 0.3) is 10.1 Å². The molecule has 1 aromatic carbocycles. The molecular formula is C8H11KO3S. The molecule has 0 spiro atoms. The molecule has 0 aromatic heterocycles. The van der Waals surface area contributed by atoms with Gasteiger partial charge in [0, 0.05) is 0 Å². The molecule has 0 heterocycles. The number of benzene rings is 1. The minimum atomic E-state index is -4.06. The molecule has 0 aliphatic rings. The second-order valence-electron chi connectivity index (χ2n) is 2.67. The Labute approximate surface area is 121 Å². The van der Waals surface area contributed by atoms with E-state index in [1.54, 1.807) is 26.0 Å². The van der Waals surface area contributed by atoms with Crippen LogP contribution in [0.25, 0.3) is 0 Å². The minimum absolute atomic E-state index is 0. The van der Waals surface area contributed by atoms with E-state index in [1.807, 2.05) is 0 Å². The summed E-state index contributed by atoms with van der Waals surface area (Å²) in [6.45, 7) is 3.46. The Morgan fingerprint density at radius 3 is 2.15 bits per heavy atom. The van der Waals surface area contributed by atoms with E-state index in [9.17, 15) is 8.42 Å². The van der Waals surface area contributed by atoms with Crippen LogP contribution in [0.2, 0.25) is 0 Å². The molecule has 13 heavy (non-hydrogen) atoms. The Balaban J connectivity index is 0.00000144. The fraction of sp³-hybridized carbons (Fsp3) is 0.250. The van der Waals surface area contributed by atoms with Gasteiger partial charge in [-0.05, 0) is 31.0 Å². The van der Waals surface area contributed by atoms with Crippen molar-refractivity contribution in [2.75, 3.05) is 0 Å². The summed E-state index contributed by atoms with van der Waals surface area (Å²) in [6, 6.07) is 4.78. The molecule has 5 heteroatoms. The fourth-order valence-electron chi connectivity index (χ4n) is 1.00. The fourth-order valence-corrected chi connectivity index (χ4v) is 1.80. The maximum atomic E-state index is 10.8. The summed E-state index contributed by atoms with van der Waals surface area (Å²) < 4.78 is 30.3. The van der Waals surface area contributed by atoms with Gasteiger partial charge in [-0.1, -0.05) is 12.1 Å². The van der Waals surface area contributed by atoms with Crippen LogP contribution in [0, 0.1) is 13.8 Å². The van der Waals surface area contributed by atoms with Crippen LogP contribution in [-0.4, -0.2) is 64.4 Å². The van der Waals surface area contributed by atoms with Gasteiger partial charge in [-0.25, -0.2) is 0 Å². The zero-order valence-electron chi connectivity index (χ0n) is 6.90. The summed E-state index contributed by atoms with van der Waals surface area (Å²) in [6.07, 6.45) is 0. The molecule has 0 bridgehead atoms. The second kappa shape index (κ2) is 5.02. The van der Waals surface area contributed by atoms with Crippen LogP contribution in [0.15, 0.2) is 23.1 Å². The van der Waals surface area contributed by atoms with Crippen molar-refractivity contribution in [1.29, 1.82) is 0 Å². The molecule has 0 saturated carbocycles. The Morgan fingerprint density at radius 2 is 1.77 bits per heavy atom. The Hall–Kier alpha value is 0.766. The van der Waals surface area contributed by atoms with Crippen molar-refractivity contribution in [3.8, 4) is 0 Å². The van der Waals surface area contributed by atoms with Crippen molar-refractivity contribution in [1.82, 2.24) is 0 Å². The van der Waals surface area contributed by atoms with Crippen molar-refractivity contribution >= 4 is 61.5 Å². The van der Waals surface area contributed by atoms with Crippen LogP contribution in [-0.2, 0) is 10.1 Å². The first-order chi connectivity index (χ1) is 5.43. The van der Waals surface area contributed by atoms with Gasteiger partial charge in [0.2, 0.25) is 0 Å². The zero-order chi connectivity index (χ0) is 9.35. The number of hydrogen-bond acceptors (Lipinski definition) is 2. The van der Waals surface area contributed by atoms with Crippen LogP contribution in [0.1, 0.15) is 11.1 Å². The molecule has 1 aromatic rings. The third-order valence-electron chi connectivity index (χ3n) is 1.83. The quantitative estimate of drug-likeness (QED) is 0.572. The van der Waals surface area contributed by atoms with Gasteiger partial charge in [-0.3, -0.25) is 4.55 Å². The summed E-state index contributed by atoms with van der Waals surface area (Å²) >= 11 is 0. The Kier molecular flexibility index (Phi) is 5.31. The predicted octanol–water partition coefficient (Wildman–Crippen LogP) is 0.902. The van der Waals surface area contributed by atoms with Gasteiger partial charge in [0.15, 0.2) is 0 Å². The molecule has 0 atom stereocenters. The summed E-state index contributed by atoms with van der Waals surface area (Å²) in [5.74, 6) is 0. The molecule has 1 rings (SSSR count). The molecule has 0 fully saturated rings. The average molecular weight is 226 g/mol. The third kappa shape index (κ3) is 3.43. The van der Waals surface area contributed by atoms with Crippen LogP contribution in [0.3, 0.4) is 0 Å². The van der Waals surface area contributed by atoms with Gasteiger partial charge < -0.3 is 0 Å². The number of rotatable bonds is 1. The molecule has 3 nitrogen and oxygen atoms in total. The van der Waals surface area contributed by atoms with Crippen molar-refractivity contribution < 1.29 is 13.0 Å². The van der Waals surface area contributed by atoms with Gasteiger partial charge in [-0.15, -0.1) is 0 Å². The van der Waals surface area contributed by atoms with Crippen LogP contribution in [0.4, 0.5) is 0 Å². The van der Waals surface area contributed by atoms with Crippen LogP contribution < -0.4 is 0 Å². The predicted molar refractivity (Wildman–Crippen MR) is 52.9 cm³/mol. The summed E-state index contributed by atoms with van der Waals surface area (Å²) in [5.41, 5.74) is 1.45. The molecule has 0 radical (unpaired) electrons. The second-order valence-corrected chi connectivity index (χ2v) is 4.06. The first-order valence-electron chi connectivity index (χ1n) is 3.46. The van der Waals surface area contributed by atoms with E-state index in [1.165, 1.54) is 6.07 Å². The molecular weight excluding hydrogens is 215 g/mol. The summed E-state index contributed by atoms with van der Waals surface area (Å²) in [7, 11) is -4.06. The van der Waals surface area contributed by atoms with E-state index < -0.39 is 10.1 Å². The molecule has 0 amide bonds. The first kappa shape index (κ1) is 13.8. The molecule has 0 aliphatic carbocycles. The normalized spacial score (nSPS) is 10.7. The molecule has 0 unspecified atom stereocenters. The third-order valence-corrected chi connectivity index (χ3v) is 2.83. The van der Waals surface area contributed by atoms with Crippen molar-refractivity contribution in [3.63, 3.8) is 0 Å². The summed E-state index contributed by atoms with van der Waals surface area (Å²) in [4.78, 5) is -0.0116. The Bertz CT molecular complexity index is 398. The van der Waals surface area contributed by atoms with Gasteiger partial charge in [0.05, 0.1) is 4.90 Å². The van der Waals surface area contributed by atoms with Crippen LogP contribution >= 0.6 is 0 Å². The average Bonchev–Trinajstić information content (AvgIpc) is 1.92. The zero-order valence-corrected chi connectivity index (χ0v) is 7.72. The van der Waals surface area contributed by atoms with Gasteiger partial charge in [-0.2, -0.15) is 8.42 Å². The van der Waals surface area contributed by atoms with E-state index in [4.69, 9.17) is 4.55 Å². The monoisotopic (exact) mass is 226 g/mol. The van der Waals surface area contributed by atoms with Gasteiger partial charge in [0.1, 0.15) is 0 Å². The van der Waals surface area contributed by atoms with Gasteiger partial charge >= 0.3 is 51.4 Å². The Morgan fingerprint density at radius 1 is 1.23 bits per heavy atom. The maximum absolute atomic E-state index is 10.8. The van der Waals surface area contributed by atoms with E-state index in [0.29, 0.717) is 5.56 Å².